The monoisotopic (exact) mass is 385 g/mol. The first-order valence-electron chi connectivity index (χ1n) is 7.17. The summed E-state index contributed by atoms with van der Waals surface area (Å²) in [5.74, 6) is 1.04. The zero-order valence-electron chi connectivity index (χ0n) is 13.1. The van der Waals surface area contributed by atoms with Gasteiger partial charge >= 0.3 is 0 Å². The van der Waals surface area contributed by atoms with Gasteiger partial charge in [-0.05, 0) is 22.9 Å². The highest BCUT2D eigenvalue weighted by Crippen LogP contribution is 2.29. The topological polar surface area (TPSA) is 3.24 Å². The Labute approximate surface area is 153 Å². The molecule has 0 spiro atoms. The Balaban J connectivity index is 1.84. The Bertz CT molecular complexity index is 603. The van der Waals surface area contributed by atoms with E-state index >= 15 is 0 Å². The second-order valence-electron chi connectivity index (χ2n) is 6.30. The number of rotatable bonds is 4. The molecule has 1 atom stereocenters. The molecule has 1 aromatic rings. The SMILES string of the molecule is C[Si](C)(C)C#CSCC1CN(Cc2cccc(Cl)c2)C(=S)S1. The van der Waals surface area contributed by atoms with Crippen LogP contribution < -0.4 is 0 Å². The predicted molar refractivity (Wildman–Crippen MR) is 109 cm³/mol. The summed E-state index contributed by atoms with van der Waals surface area (Å²) in [5, 5.41) is 4.59. The summed E-state index contributed by atoms with van der Waals surface area (Å²) in [6.45, 7) is 8.65. The molecule has 0 aromatic heterocycles. The summed E-state index contributed by atoms with van der Waals surface area (Å²) < 4.78 is 0.990. The fraction of sp³-hybridized carbons (Fsp3) is 0.438. The number of thiocarbonyl (C=S) groups is 1. The van der Waals surface area contributed by atoms with E-state index < -0.39 is 8.07 Å². The van der Waals surface area contributed by atoms with Crippen molar-refractivity contribution < 1.29 is 0 Å². The molecule has 1 aliphatic heterocycles. The molecule has 0 N–H and O–H groups in total. The van der Waals surface area contributed by atoms with Gasteiger partial charge in [-0.25, -0.2) is 0 Å². The van der Waals surface area contributed by atoms with Gasteiger partial charge in [-0.2, -0.15) is 0 Å². The third-order valence-corrected chi connectivity index (χ3v) is 6.95. The van der Waals surface area contributed by atoms with Crippen LogP contribution in [-0.2, 0) is 6.54 Å². The minimum Gasteiger partial charge on any atom is -0.352 e. The van der Waals surface area contributed by atoms with E-state index in [0.717, 1.165) is 28.2 Å². The molecule has 0 aliphatic carbocycles. The molecule has 6 heteroatoms. The van der Waals surface area contributed by atoms with Crippen LogP contribution in [0.15, 0.2) is 24.3 Å². The molecule has 0 radical (unpaired) electrons. The second-order valence-corrected chi connectivity index (χ2v) is 14.3. The number of hydrogen-bond acceptors (Lipinski definition) is 3. The number of thioether (sulfide) groups is 2. The molecule has 1 heterocycles. The van der Waals surface area contributed by atoms with Crippen molar-refractivity contribution in [1.82, 2.24) is 4.90 Å². The molecular formula is C16H20ClNS3Si. The Kier molecular flexibility index (Phi) is 6.72. The van der Waals surface area contributed by atoms with Crippen LogP contribution in [0.1, 0.15) is 5.56 Å². The summed E-state index contributed by atoms with van der Waals surface area (Å²) >= 11 is 15.1. The maximum Gasteiger partial charge on any atom is 0.137 e. The highest BCUT2D eigenvalue weighted by atomic mass is 35.5. The van der Waals surface area contributed by atoms with Gasteiger partial charge in [0.25, 0.3) is 0 Å². The van der Waals surface area contributed by atoms with Gasteiger partial charge in [0.15, 0.2) is 0 Å². The average molecular weight is 386 g/mol. The fourth-order valence-corrected chi connectivity index (χ4v) is 5.92. The Morgan fingerprint density at radius 3 is 2.91 bits per heavy atom. The molecule has 118 valence electrons. The van der Waals surface area contributed by atoms with Gasteiger partial charge in [0.2, 0.25) is 0 Å². The summed E-state index contributed by atoms with van der Waals surface area (Å²) in [7, 11) is -1.25. The fourth-order valence-electron chi connectivity index (χ4n) is 1.97. The molecule has 1 unspecified atom stereocenters. The lowest BCUT2D eigenvalue weighted by Gasteiger charge is -2.17. The minimum absolute atomic E-state index is 0.535. The number of hydrogen-bond donors (Lipinski definition) is 0. The van der Waals surface area contributed by atoms with E-state index in [-0.39, 0.29) is 0 Å². The molecule has 0 bridgehead atoms. The largest absolute Gasteiger partial charge is 0.352 e. The zero-order chi connectivity index (χ0) is 16.2. The van der Waals surface area contributed by atoms with E-state index in [4.69, 9.17) is 23.8 Å². The van der Waals surface area contributed by atoms with Crippen LogP contribution in [0.5, 0.6) is 0 Å². The van der Waals surface area contributed by atoms with Crippen LogP contribution in [0.25, 0.3) is 0 Å². The highest BCUT2D eigenvalue weighted by Gasteiger charge is 2.27. The van der Waals surface area contributed by atoms with Crippen molar-refractivity contribution in [2.45, 2.75) is 31.4 Å². The number of halogens is 1. The normalized spacial score (nSPS) is 18.3. The molecule has 0 amide bonds. The van der Waals surface area contributed by atoms with E-state index in [9.17, 15) is 0 Å². The highest BCUT2D eigenvalue weighted by molar-refractivity contribution is 8.24. The molecule has 1 nitrogen and oxygen atoms in total. The van der Waals surface area contributed by atoms with E-state index in [1.54, 1.807) is 23.5 Å². The molecule has 1 fully saturated rings. The van der Waals surface area contributed by atoms with Crippen molar-refractivity contribution in [2.75, 3.05) is 12.3 Å². The maximum absolute atomic E-state index is 6.04. The third kappa shape index (κ3) is 6.17. The van der Waals surface area contributed by atoms with E-state index in [1.165, 1.54) is 5.56 Å². The van der Waals surface area contributed by atoms with E-state index in [0.29, 0.717) is 5.25 Å². The average Bonchev–Trinajstić information content (AvgIpc) is 2.74. The summed E-state index contributed by atoms with van der Waals surface area (Å²) in [5.41, 5.74) is 4.61. The lowest BCUT2D eigenvalue weighted by molar-refractivity contribution is 0.444. The second kappa shape index (κ2) is 8.12. The first-order valence-corrected chi connectivity index (χ1v) is 13.3. The molecule has 0 saturated carbocycles. The van der Waals surface area contributed by atoms with Crippen LogP contribution in [0, 0.1) is 10.8 Å². The van der Waals surface area contributed by atoms with Gasteiger partial charge in [0, 0.05) is 29.1 Å². The smallest absolute Gasteiger partial charge is 0.137 e. The van der Waals surface area contributed by atoms with Crippen LogP contribution >= 0.6 is 47.3 Å². The van der Waals surface area contributed by atoms with Gasteiger partial charge in [0.1, 0.15) is 12.4 Å². The standard InChI is InChI=1S/C16H20ClNS3Si/c1-22(2,3)8-7-20-12-15-11-18(16(19)21-15)10-13-5-4-6-14(17)9-13/h4-6,9,15H,10-12H2,1-3H3. The molecule has 1 saturated heterocycles. The maximum atomic E-state index is 6.04. The zero-order valence-corrected chi connectivity index (χ0v) is 17.3. The summed E-state index contributed by atoms with van der Waals surface area (Å²) in [6, 6.07) is 8.00. The van der Waals surface area contributed by atoms with Crippen LogP contribution in [0.4, 0.5) is 0 Å². The summed E-state index contributed by atoms with van der Waals surface area (Å²) in [4.78, 5) is 2.27. The van der Waals surface area contributed by atoms with Gasteiger partial charge in [-0.15, -0.1) is 5.54 Å². The van der Waals surface area contributed by atoms with Crippen molar-refractivity contribution in [3.63, 3.8) is 0 Å². The molecule has 1 aromatic carbocycles. The Morgan fingerprint density at radius 2 is 2.23 bits per heavy atom. The number of nitrogens with zero attached hydrogens (tertiary/aromatic N) is 1. The van der Waals surface area contributed by atoms with E-state index in [2.05, 4.69) is 41.4 Å². The molecule has 22 heavy (non-hydrogen) atoms. The van der Waals surface area contributed by atoms with Crippen LogP contribution in [-0.4, -0.2) is 34.8 Å². The predicted octanol–water partition coefficient (Wildman–Crippen LogP) is 5.11. The van der Waals surface area contributed by atoms with Crippen molar-refractivity contribution in [3.8, 4) is 10.8 Å². The van der Waals surface area contributed by atoms with Gasteiger partial charge in [0.05, 0.1) is 0 Å². The van der Waals surface area contributed by atoms with Crippen molar-refractivity contribution >= 4 is 59.7 Å². The lowest BCUT2D eigenvalue weighted by atomic mass is 10.2. The van der Waals surface area contributed by atoms with Gasteiger partial charge < -0.3 is 4.90 Å². The minimum atomic E-state index is -1.25. The van der Waals surface area contributed by atoms with Gasteiger partial charge in [-0.3, -0.25) is 0 Å². The molecule has 1 aliphatic rings. The lowest BCUT2D eigenvalue weighted by Crippen LogP contribution is -2.24. The number of benzene rings is 1. The van der Waals surface area contributed by atoms with Crippen molar-refractivity contribution in [2.24, 2.45) is 0 Å². The molecule has 2 rings (SSSR count). The van der Waals surface area contributed by atoms with Crippen LogP contribution in [0.2, 0.25) is 24.7 Å². The van der Waals surface area contributed by atoms with E-state index in [1.807, 2.05) is 18.2 Å². The van der Waals surface area contributed by atoms with Crippen LogP contribution in [0.3, 0.4) is 0 Å². The van der Waals surface area contributed by atoms with Crippen molar-refractivity contribution in [1.29, 1.82) is 0 Å². The first-order chi connectivity index (χ1) is 10.3. The third-order valence-electron chi connectivity index (χ3n) is 2.98. The van der Waals surface area contributed by atoms with Gasteiger partial charge in [-0.1, -0.05) is 79.1 Å². The Hall–Kier alpha value is -0.123. The quantitative estimate of drug-likeness (QED) is 0.402. The Morgan fingerprint density at radius 1 is 1.45 bits per heavy atom. The van der Waals surface area contributed by atoms with Crippen molar-refractivity contribution in [3.05, 3.63) is 34.9 Å². The molecular weight excluding hydrogens is 366 g/mol. The first kappa shape index (κ1) is 18.2. The summed E-state index contributed by atoms with van der Waals surface area (Å²) in [6.07, 6.45) is 0.